The van der Waals surface area contributed by atoms with Gasteiger partial charge >= 0.3 is 17.1 Å². The topological polar surface area (TPSA) is 141 Å². The van der Waals surface area contributed by atoms with Crippen molar-refractivity contribution in [2.24, 2.45) is 20.0 Å². The van der Waals surface area contributed by atoms with E-state index in [0.29, 0.717) is 52.1 Å². The van der Waals surface area contributed by atoms with Crippen molar-refractivity contribution in [2.45, 2.75) is 90.1 Å². The van der Waals surface area contributed by atoms with Gasteiger partial charge in [0.2, 0.25) is 12.2 Å². The lowest BCUT2D eigenvalue weighted by atomic mass is 10.2. The van der Waals surface area contributed by atoms with Gasteiger partial charge in [0.05, 0.1) is 13.1 Å². The molecule has 1 aromatic rings. The summed E-state index contributed by atoms with van der Waals surface area (Å²) < 4.78 is 8.05. The van der Waals surface area contributed by atoms with Gasteiger partial charge in [0.25, 0.3) is 0 Å². The second-order valence-electron chi connectivity index (χ2n) is 8.35. The number of nitrogens with zero attached hydrogens (tertiary/aromatic N) is 6. The summed E-state index contributed by atoms with van der Waals surface area (Å²) in [5.74, 6) is 1.81. The molecule has 0 atom stereocenters. The Morgan fingerprint density at radius 1 is 0.639 bits per heavy atom. The summed E-state index contributed by atoms with van der Waals surface area (Å²) in [6.45, 7) is 6.14. The first-order chi connectivity index (χ1) is 17.7. The van der Waals surface area contributed by atoms with Crippen LogP contribution in [0.5, 0.6) is 0 Å². The molecule has 11 heteroatoms. The zero-order valence-corrected chi connectivity index (χ0v) is 21.2. The maximum Gasteiger partial charge on any atom is 0.425 e. The number of isocyanates is 2. The molecule has 0 saturated heterocycles. The number of carbonyl (C=O) groups excluding carboxylic acids is 2. The number of aliphatic imine (C=N–C) groups is 3. The molecule has 0 aliphatic heterocycles. The molecule has 0 aliphatic rings. The van der Waals surface area contributed by atoms with E-state index in [9.17, 15) is 19.2 Å². The highest BCUT2D eigenvalue weighted by atomic mass is 16.4. The SMILES string of the molecule is C=C=NCCCCCCn1c(=O)oc(=NCCCCCCN=C=O)n(CCCCCCN=C=O)c1=O. The van der Waals surface area contributed by atoms with E-state index in [-0.39, 0.29) is 5.68 Å². The molecule has 198 valence electrons. The number of aromatic nitrogens is 2. The molecular weight excluding hydrogens is 464 g/mol. The van der Waals surface area contributed by atoms with Crippen LogP contribution in [0.25, 0.3) is 0 Å². The summed E-state index contributed by atoms with van der Waals surface area (Å²) in [7, 11) is 0. The number of rotatable bonds is 21. The first kappa shape index (κ1) is 30.7. The Kier molecular flexibility index (Phi) is 17.8. The minimum Gasteiger partial charge on any atom is -0.375 e. The van der Waals surface area contributed by atoms with E-state index in [2.05, 4.69) is 32.4 Å². The molecule has 0 fully saturated rings. The van der Waals surface area contributed by atoms with Crippen LogP contribution in [0.15, 0.2) is 40.6 Å². The van der Waals surface area contributed by atoms with E-state index in [1.165, 1.54) is 16.7 Å². The lowest BCUT2D eigenvalue weighted by Crippen LogP contribution is -2.47. The Balaban J connectivity index is 2.81. The van der Waals surface area contributed by atoms with Gasteiger partial charge in [-0.2, -0.15) is 0 Å². The first-order valence-electron chi connectivity index (χ1n) is 12.8. The Morgan fingerprint density at radius 3 is 1.64 bits per heavy atom. The number of unbranched alkanes of at least 4 members (excludes halogenated alkanes) is 9. The van der Waals surface area contributed by atoms with Gasteiger partial charge in [0.15, 0.2) is 0 Å². The molecule has 0 saturated carbocycles. The Labute approximate surface area is 211 Å². The second-order valence-corrected chi connectivity index (χ2v) is 8.35. The normalized spacial score (nSPS) is 10.9. The molecule has 11 nitrogen and oxygen atoms in total. The van der Waals surface area contributed by atoms with Crippen molar-refractivity contribution in [1.82, 2.24) is 9.13 Å². The molecule has 1 rings (SSSR count). The van der Waals surface area contributed by atoms with E-state index in [4.69, 9.17) is 4.42 Å². The second kappa shape index (κ2) is 20.9. The monoisotopic (exact) mass is 502 g/mol. The predicted molar refractivity (Wildman–Crippen MR) is 137 cm³/mol. The quantitative estimate of drug-likeness (QED) is 0.144. The van der Waals surface area contributed by atoms with Crippen LogP contribution in [-0.4, -0.2) is 53.3 Å². The Morgan fingerprint density at radius 2 is 1.11 bits per heavy atom. The zero-order valence-electron chi connectivity index (χ0n) is 21.2. The van der Waals surface area contributed by atoms with E-state index < -0.39 is 11.4 Å². The van der Waals surface area contributed by atoms with Crippen molar-refractivity contribution >= 4 is 18.0 Å². The van der Waals surface area contributed by atoms with Crippen molar-refractivity contribution in [1.29, 1.82) is 0 Å². The smallest absolute Gasteiger partial charge is 0.375 e. The molecular formula is C25H38N6O5. The highest BCUT2D eigenvalue weighted by Gasteiger charge is 2.11. The van der Waals surface area contributed by atoms with Crippen LogP contribution in [0.2, 0.25) is 0 Å². The van der Waals surface area contributed by atoms with Gasteiger partial charge in [-0.05, 0) is 51.0 Å². The first-order valence-corrected chi connectivity index (χ1v) is 12.8. The maximum absolute atomic E-state index is 13.1. The molecule has 0 amide bonds. The zero-order chi connectivity index (χ0) is 26.3. The van der Waals surface area contributed by atoms with E-state index in [0.717, 1.165) is 68.8 Å². The third-order valence-corrected chi connectivity index (χ3v) is 5.56. The molecule has 0 N–H and O–H groups in total. The molecule has 0 radical (unpaired) electrons. The molecule has 1 heterocycles. The van der Waals surface area contributed by atoms with Gasteiger partial charge < -0.3 is 4.42 Å². The molecule has 0 bridgehead atoms. The average molecular weight is 503 g/mol. The maximum atomic E-state index is 13.1. The van der Waals surface area contributed by atoms with Crippen LogP contribution in [0.3, 0.4) is 0 Å². The summed E-state index contributed by atoms with van der Waals surface area (Å²) >= 11 is 0. The fraction of sp³-hybridized carbons (Fsp3) is 0.720. The van der Waals surface area contributed by atoms with Crippen LogP contribution >= 0.6 is 0 Å². The highest BCUT2D eigenvalue weighted by Crippen LogP contribution is 2.03. The standard InChI is InChI=1S/C25H38N6O5/c1-2-26-15-9-5-8-14-20-31-24(34)30(19-13-7-6-11-17-28-22-33)23(36-25(31)35)29-18-12-4-3-10-16-27-21-32/h1,3-20H2. The summed E-state index contributed by atoms with van der Waals surface area (Å²) in [5.41, 5.74) is -0.349. The van der Waals surface area contributed by atoms with Crippen LogP contribution < -0.4 is 17.1 Å². The number of hydrogen-bond donors (Lipinski definition) is 0. The lowest BCUT2D eigenvalue weighted by molar-refractivity contribution is 0.300. The van der Waals surface area contributed by atoms with Crippen molar-refractivity contribution in [3.05, 3.63) is 33.3 Å². The van der Waals surface area contributed by atoms with Crippen molar-refractivity contribution in [3.63, 3.8) is 0 Å². The van der Waals surface area contributed by atoms with Gasteiger partial charge in [-0.1, -0.05) is 38.5 Å². The summed E-state index contributed by atoms with van der Waals surface area (Å²) in [5, 5.41) is 0. The van der Waals surface area contributed by atoms with E-state index in [1.807, 2.05) is 0 Å². The van der Waals surface area contributed by atoms with Crippen LogP contribution in [0.4, 0.5) is 0 Å². The van der Waals surface area contributed by atoms with Gasteiger partial charge in [-0.3, -0.25) is 0 Å². The minimum atomic E-state index is -0.690. The van der Waals surface area contributed by atoms with Crippen molar-refractivity contribution in [2.75, 3.05) is 26.2 Å². The summed E-state index contributed by atoms with van der Waals surface area (Å²) in [4.78, 5) is 61.3. The molecule has 0 aromatic carbocycles. The van der Waals surface area contributed by atoms with Gasteiger partial charge in [-0.25, -0.2) is 48.3 Å². The average Bonchev–Trinajstić information content (AvgIpc) is 2.87. The van der Waals surface area contributed by atoms with E-state index >= 15 is 0 Å². The number of hydrogen-bond acceptors (Lipinski definition) is 9. The Hall–Kier alpha value is -3.38. The molecule has 36 heavy (non-hydrogen) atoms. The van der Waals surface area contributed by atoms with Crippen LogP contribution in [-0.2, 0) is 22.7 Å². The third-order valence-electron chi connectivity index (χ3n) is 5.56. The van der Waals surface area contributed by atoms with Crippen LogP contribution in [0, 0.1) is 0 Å². The highest BCUT2D eigenvalue weighted by molar-refractivity contribution is 5.46. The van der Waals surface area contributed by atoms with Crippen molar-refractivity contribution in [3.8, 4) is 0 Å². The molecule has 0 aliphatic carbocycles. The fourth-order valence-corrected chi connectivity index (χ4v) is 3.62. The third kappa shape index (κ3) is 13.5. The van der Waals surface area contributed by atoms with Crippen LogP contribution in [0.1, 0.15) is 77.0 Å². The Bertz CT molecular complexity index is 1080. The van der Waals surface area contributed by atoms with Gasteiger partial charge in [0, 0.05) is 26.2 Å². The molecule has 1 aromatic heterocycles. The predicted octanol–water partition coefficient (Wildman–Crippen LogP) is 2.71. The van der Waals surface area contributed by atoms with Gasteiger partial charge in [-0.15, -0.1) is 0 Å². The summed E-state index contributed by atoms with van der Waals surface area (Å²) in [6, 6.07) is 0. The fourth-order valence-electron chi connectivity index (χ4n) is 3.62. The van der Waals surface area contributed by atoms with Gasteiger partial charge in [0.1, 0.15) is 0 Å². The summed E-state index contributed by atoms with van der Waals surface area (Å²) in [6.07, 6.45) is 13.0. The largest absolute Gasteiger partial charge is 0.425 e. The molecule has 0 unspecified atom stereocenters. The van der Waals surface area contributed by atoms with E-state index in [1.54, 1.807) is 0 Å². The minimum absolute atomic E-state index is 0.0552. The molecule has 0 spiro atoms. The van der Waals surface area contributed by atoms with Crippen molar-refractivity contribution < 1.29 is 14.0 Å². The lowest BCUT2D eigenvalue weighted by Gasteiger charge is -2.10.